The maximum absolute atomic E-state index is 5.97. The van der Waals surface area contributed by atoms with Crippen LogP contribution in [0.3, 0.4) is 0 Å². The summed E-state index contributed by atoms with van der Waals surface area (Å²) in [7, 11) is 0. The lowest BCUT2D eigenvalue weighted by Crippen LogP contribution is -2.36. The summed E-state index contributed by atoms with van der Waals surface area (Å²) in [5.74, 6) is 0. The molecule has 118 valence electrons. The molecule has 4 rings (SSSR count). The number of fused-ring (bicyclic) bond motifs is 1. The summed E-state index contributed by atoms with van der Waals surface area (Å²) in [6.07, 6.45) is 3.65. The molecular weight excluding hydrogens is 310 g/mol. The summed E-state index contributed by atoms with van der Waals surface area (Å²) in [5.41, 5.74) is 4.26. The van der Waals surface area contributed by atoms with Gasteiger partial charge in [-0.05, 0) is 34.5 Å². The standard InChI is InChI=1S/C16H17N5OS/c1-4-17-5-2-13(1)16-15-10-22-14(9-21(15)20-19-16)8-18-7-12-3-6-23-11-12/h1-6,11,14,18H,7-10H2/t14-/m0/s1. The van der Waals surface area contributed by atoms with Gasteiger partial charge in [-0.1, -0.05) is 5.21 Å². The minimum absolute atomic E-state index is 0.119. The number of nitrogens with zero attached hydrogens (tertiary/aromatic N) is 4. The number of nitrogens with one attached hydrogen (secondary N) is 1. The van der Waals surface area contributed by atoms with Gasteiger partial charge in [-0.25, -0.2) is 4.68 Å². The van der Waals surface area contributed by atoms with E-state index in [1.165, 1.54) is 5.56 Å². The van der Waals surface area contributed by atoms with Crippen molar-refractivity contribution >= 4 is 11.3 Å². The Hall–Kier alpha value is -2.09. The molecule has 1 atom stereocenters. The van der Waals surface area contributed by atoms with Gasteiger partial charge in [-0.3, -0.25) is 4.98 Å². The zero-order valence-electron chi connectivity index (χ0n) is 12.6. The summed E-state index contributed by atoms with van der Waals surface area (Å²) >= 11 is 1.72. The van der Waals surface area contributed by atoms with E-state index >= 15 is 0 Å². The Kier molecular flexibility index (Phi) is 4.14. The van der Waals surface area contributed by atoms with Gasteiger partial charge in [0.15, 0.2) is 0 Å². The highest BCUT2D eigenvalue weighted by Gasteiger charge is 2.24. The van der Waals surface area contributed by atoms with Gasteiger partial charge < -0.3 is 10.1 Å². The Balaban J connectivity index is 1.39. The largest absolute Gasteiger partial charge is 0.369 e. The van der Waals surface area contributed by atoms with Crippen LogP contribution in [-0.2, 0) is 24.4 Å². The van der Waals surface area contributed by atoms with E-state index in [-0.39, 0.29) is 6.10 Å². The average Bonchev–Trinajstić information content (AvgIpc) is 3.25. The highest BCUT2D eigenvalue weighted by Crippen LogP contribution is 2.24. The lowest BCUT2D eigenvalue weighted by Gasteiger charge is -2.24. The Bertz CT molecular complexity index is 756. The van der Waals surface area contributed by atoms with Crippen molar-refractivity contribution in [2.75, 3.05) is 6.54 Å². The average molecular weight is 327 g/mol. The fourth-order valence-corrected chi connectivity index (χ4v) is 3.36. The molecule has 1 N–H and O–H groups in total. The number of pyridine rings is 1. The maximum Gasteiger partial charge on any atom is 0.118 e. The zero-order valence-corrected chi connectivity index (χ0v) is 13.4. The van der Waals surface area contributed by atoms with Crippen molar-refractivity contribution in [3.8, 4) is 11.3 Å². The van der Waals surface area contributed by atoms with Gasteiger partial charge in [0.25, 0.3) is 0 Å². The first kappa shape index (κ1) is 14.5. The molecule has 0 amide bonds. The van der Waals surface area contributed by atoms with Gasteiger partial charge in [-0.2, -0.15) is 11.3 Å². The molecule has 0 saturated carbocycles. The lowest BCUT2D eigenvalue weighted by atomic mass is 10.1. The van der Waals surface area contributed by atoms with E-state index in [1.54, 1.807) is 23.7 Å². The Labute approximate surface area is 138 Å². The molecule has 0 fully saturated rings. The van der Waals surface area contributed by atoms with Crippen LogP contribution in [0.4, 0.5) is 0 Å². The smallest absolute Gasteiger partial charge is 0.118 e. The summed E-state index contributed by atoms with van der Waals surface area (Å²) < 4.78 is 7.92. The van der Waals surface area contributed by atoms with Crippen molar-refractivity contribution in [3.63, 3.8) is 0 Å². The molecular formula is C16H17N5OS. The van der Waals surface area contributed by atoms with Crippen LogP contribution in [0.25, 0.3) is 11.3 Å². The highest BCUT2D eigenvalue weighted by molar-refractivity contribution is 7.07. The van der Waals surface area contributed by atoms with Crippen molar-refractivity contribution in [3.05, 3.63) is 52.6 Å². The molecule has 0 bridgehead atoms. The van der Waals surface area contributed by atoms with Crippen molar-refractivity contribution in [2.45, 2.75) is 25.8 Å². The normalized spacial score (nSPS) is 17.1. The third kappa shape index (κ3) is 3.17. The molecule has 6 nitrogen and oxygen atoms in total. The second-order valence-corrected chi connectivity index (χ2v) is 6.28. The summed E-state index contributed by atoms with van der Waals surface area (Å²) in [6.45, 7) is 2.94. The molecule has 1 aliphatic heterocycles. The monoisotopic (exact) mass is 327 g/mol. The predicted molar refractivity (Wildman–Crippen MR) is 87.9 cm³/mol. The number of thiophene rings is 1. The van der Waals surface area contributed by atoms with Gasteiger partial charge >= 0.3 is 0 Å². The van der Waals surface area contributed by atoms with E-state index in [1.807, 2.05) is 16.8 Å². The summed E-state index contributed by atoms with van der Waals surface area (Å²) in [5, 5.41) is 16.3. The van der Waals surface area contributed by atoms with E-state index < -0.39 is 0 Å². The molecule has 0 spiro atoms. The molecule has 3 aromatic heterocycles. The van der Waals surface area contributed by atoms with Crippen molar-refractivity contribution < 1.29 is 4.74 Å². The minimum atomic E-state index is 0.119. The van der Waals surface area contributed by atoms with Gasteiger partial charge in [0, 0.05) is 31.0 Å². The molecule has 4 heterocycles. The fourth-order valence-electron chi connectivity index (χ4n) is 2.69. The van der Waals surface area contributed by atoms with Crippen LogP contribution in [0, 0.1) is 0 Å². The lowest BCUT2D eigenvalue weighted by molar-refractivity contribution is 0.00126. The van der Waals surface area contributed by atoms with E-state index in [0.717, 1.165) is 36.6 Å². The van der Waals surface area contributed by atoms with E-state index in [2.05, 4.69) is 37.4 Å². The third-order valence-electron chi connectivity index (χ3n) is 3.90. The molecule has 0 radical (unpaired) electrons. The Morgan fingerprint density at radius 3 is 3.04 bits per heavy atom. The fraction of sp³-hybridized carbons (Fsp3) is 0.312. The maximum atomic E-state index is 5.97. The first-order chi connectivity index (χ1) is 11.4. The molecule has 23 heavy (non-hydrogen) atoms. The first-order valence-electron chi connectivity index (χ1n) is 7.56. The van der Waals surface area contributed by atoms with Gasteiger partial charge in [-0.15, -0.1) is 5.10 Å². The van der Waals surface area contributed by atoms with Crippen molar-refractivity contribution in [2.24, 2.45) is 0 Å². The number of ether oxygens (including phenoxy) is 1. The van der Waals surface area contributed by atoms with E-state index in [0.29, 0.717) is 6.61 Å². The highest BCUT2D eigenvalue weighted by atomic mass is 32.1. The first-order valence-corrected chi connectivity index (χ1v) is 8.50. The van der Waals surface area contributed by atoms with Crippen LogP contribution in [0.5, 0.6) is 0 Å². The quantitative estimate of drug-likeness (QED) is 0.777. The molecule has 7 heteroatoms. The van der Waals surface area contributed by atoms with Crippen molar-refractivity contribution in [1.29, 1.82) is 0 Å². The predicted octanol–water partition coefficient (Wildman–Crippen LogP) is 2.09. The van der Waals surface area contributed by atoms with Crippen LogP contribution in [0.2, 0.25) is 0 Å². The second kappa shape index (κ2) is 6.57. The molecule has 0 aromatic carbocycles. The van der Waals surface area contributed by atoms with Crippen LogP contribution in [0.15, 0.2) is 41.4 Å². The summed E-state index contributed by atoms with van der Waals surface area (Å²) in [4.78, 5) is 4.04. The van der Waals surface area contributed by atoms with Crippen LogP contribution >= 0.6 is 11.3 Å². The Morgan fingerprint density at radius 1 is 1.30 bits per heavy atom. The SMILES string of the molecule is c1cc(-c2nnn3c2CO[C@@H](CNCc2ccsc2)C3)ccn1. The van der Waals surface area contributed by atoms with Crippen LogP contribution in [0.1, 0.15) is 11.3 Å². The van der Waals surface area contributed by atoms with E-state index in [9.17, 15) is 0 Å². The molecule has 0 saturated heterocycles. The number of rotatable bonds is 5. The second-order valence-electron chi connectivity index (χ2n) is 5.50. The Morgan fingerprint density at radius 2 is 2.22 bits per heavy atom. The number of aromatic nitrogens is 4. The van der Waals surface area contributed by atoms with Crippen molar-refractivity contribution in [1.82, 2.24) is 25.3 Å². The van der Waals surface area contributed by atoms with Crippen LogP contribution < -0.4 is 5.32 Å². The van der Waals surface area contributed by atoms with Gasteiger partial charge in [0.1, 0.15) is 5.69 Å². The topological polar surface area (TPSA) is 64.9 Å². The number of hydrogen-bond donors (Lipinski definition) is 1. The molecule has 0 aliphatic carbocycles. The molecule has 0 unspecified atom stereocenters. The molecule has 1 aliphatic rings. The zero-order chi connectivity index (χ0) is 15.5. The summed E-state index contributed by atoms with van der Waals surface area (Å²) in [6, 6.07) is 6.02. The third-order valence-corrected chi connectivity index (χ3v) is 4.64. The number of hydrogen-bond acceptors (Lipinski definition) is 6. The molecule has 3 aromatic rings. The van der Waals surface area contributed by atoms with Crippen LogP contribution in [-0.4, -0.2) is 32.6 Å². The minimum Gasteiger partial charge on any atom is -0.369 e. The van der Waals surface area contributed by atoms with Gasteiger partial charge in [0.05, 0.1) is 24.9 Å². The van der Waals surface area contributed by atoms with Gasteiger partial charge in [0.2, 0.25) is 0 Å². The van der Waals surface area contributed by atoms with E-state index in [4.69, 9.17) is 4.74 Å².